The summed E-state index contributed by atoms with van der Waals surface area (Å²) in [4.78, 5) is 18.0. The summed E-state index contributed by atoms with van der Waals surface area (Å²) >= 11 is 0. The van der Waals surface area contributed by atoms with Gasteiger partial charge in [0.25, 0.3) is 5.91 Å². The third-order valence-corrected chi connectivity index (χ3v) is 2.78. The van der Waals surface area contributed by atoms with Crippen LogP contribution in [0.2, 0.25) is 0 Å². The van der Waals surface area contributed by atoms with E-state index >= 15 is 0 Å². The maximum atomic E-state index is 12.3. The lowest BCUT2D eigenvalue weighted by atomic mass is 10.2. The standard InChI is InChI=1S/C14H23N3O3/c1-3-5-15-12-4-6-16-13(11-12)14(19)17(7-9-18)8-10-20-2/h4,6,11,18H,3,5,7-10H2,1-2H3,(H,15,16). The van der Waals surface area contributed by atoms with E-state index in [0.717, 1.165) is 18.7 Å². The maximum Gasteiger partial charge on any atom is 0.272 e. The molecule has 0 bridgehead atoms. The average molecular weight is 281 g/mol. The van der Waals surface area contributed by atoms with Crippen LogP contribution in [0.15, 0.2) is 18.3 Å². The number of nitrogens with zero attached hydrogens (tertiary/aromatic N) is 2. The third-order valence-electron chi connectivity index (χ3n) is 2.78. The van der Waals surface area contributed by atoms with Gasteiger partial charge in [0.2, 0.25) is 0 Å². The average Bonchev–Trinajstić information content (AvgIpc) is 2.49. The Labute approximate surface area is 119 Å². The Bertz CT molecular complexity index is 412. The van der Waals surface area contributed by atoms with Crippen LogP contribution < -0.4 is 5.32 Å². The van der Waals surface area contributed by atoms with Gasteiger partial charge in [-0.25, -0.2) is 0 Å². The van der Waals surface area contributed by atoms with Crippen LogP contribution in [-0.2, 0) is 4.74 Å². The summed E-state index contributed by atoms with van der Waals surface area (Å²) in [6.07, 6.45) is 2.62. The first-order chi connectivity index (χ1) is 9.72. The molecule has 6 nitrogen and oxygen atoms in total. The summed E-state index contributed by atoms with van der Waals surface area (Å²) in [6.45, 7) is 3.99. The molecule has 2 N–H and O–H groups in total. The molecule has 0 saturated carbocycles. The predicted octanol–water partition coefficient (Wildman–Crippen LogP) is 0.984. The Balaban J connectivity index is 2.76. The molecule has 0 fully saturated rings. The fraction of sp³-hybridized carbons (Fsp3) is 0.571. The van der Waals surface area contributed by atoms with Gasteiger partial charge in [-0.05, 0) is 18.6 Å². The number of hydrogen-bond donors (Lipinski definition) is 2. The van der Waals surface area contributed by atoms with Crippen molar-refractivity contribution in [3.8, 4) is 0 Å². The molecule has 0 aliphatic rings. The van der Waals surface area contributed by atoms with Crippen LogP contribution >= 0.6 is 0 Å². The summed E-state index contributed by atoms with van der Waals surface area (Å²) < 4.78 is 4.97. The highest BCUT2D eigenvalue weighted by molar-refractivity contribution is 5.93. The Morgan fingerprint density at radius 1 is 1.50 bits per heavy atom. The summed E-state index contributed by atoms with van der Waals surface area (Å²) in [5.74, 6) is -0.198. The monoisotopic (exact) mass is 281 g/mol. The van der Waals surface area contributed by atoms with Gasteiger partial charge in [-0.1, -0.05) is 6.92 Å². The fourth-order valence-electron chi connectivity index (χ4n) is 1.73. The Hall–Kier alpha value is -1.66. The zero-order chi connectivity index (χ0) is 14.8. The van der Waals surface area contributed by atoms with Crippen molar-refractivity contribution in [2.75, 3.05) is 45.3 Å². The topological polar surface area (TPSA) is 74.7 Å². The molecule has 0 radical (unpaired) electrons. The number of pyridine rings is 1. The second kappa shape index (κ2) is 9.28. The van der Waals surface area contributed by atoms with E-state index in [2.05, 4.69) is 17.2 Å². The molecule has 0 atom stereocenters. The molecule has 0 aliphatic heterocycles. The number of carbonyl (C=O) groups is 1. The first-order valence-corrected chi connectivity index (χ1v) is 6.82. The Morgan fingerprint density at radius 2 is 2.30 bits per heavy atom. The van der Waals surface area contributed by atoms with E-state index in [1.54, 1.807) is 19.4 Å². The van der Waals surface area contributed by atoms with Crippen molar-refractivity contribution >= 4 is 11.6 Å². The molecule has 112 valence electrons. The third kappa shape index (κ3) is 5.14. The second-order valence-corrected chi connectivity index (χ2v) is 4.37. The van der Waals surface area contributed by atoms with Crippen LogP contribution in [0.1, 0.15) is 23.8 Å². The van der Waals surface area contributed by atoms with Gasteiger partial charge in [0.15, 0.2) is 0 Å². The van der Waals surface area contributed by atoms with Gasteiger partial charge >= 0.3 is 0 Å². The lowest BCUT2D eigenvalue weighted by Gasteiger charge is -2.21. The molecule has 20 heavy (non-hydrogen) atoms. The zero-order valence-corrected chi connectivity index (χ0v) is 12.1. The highest BCUT2D eigenvalue weighted by Crippen LogP contribution is 2.10. The van der Waals surface area contributed by atoms with Crippen LogP contribution in [0.3, 0.4) is 0 Å². The minimum Gasteiger partial charge on any atom is -0.395 e. The molecule has 0 spiro atoms. The largest absolute Gasteiger partial charge is 0.395 e. The van der Waals surface area contributed by atoms with Crippen molar-refractivity contribution in [2.45, 2.75) is 13.3 Å². The zero-order valence-electron chi connectivity index (χ0n) is 12.1. The number of amides is 1. The molecule has 1 aromatic heterocycles. The number of ether oxygens (including phenoxy) is 1. The van der Waals surface area contributed by atoms with Crippen molar-refractivity contribution in [3.05, 3.63) is 24.0 Å². The number of aromatic nitrogens is 1. The maximum absolute atomic E-state index is 12.3. The van der Waals surface area contributed by atoms with E-state index in [0.29, 0.717) is 18.8 Å². The molecule has 1 heterocycles. The quantitative estimate of drug-likeness (QED) is 0.706. The molecule has 0 saturated heterocycles. The number of methoxy groups -OCH3 is 1. The summed E-state index contributed by atoms with van der Waals surface area (Å²) in [5, 5.41) is 12.3. The van der Waals surface area contributed by atoms with Crippen LogP contribution in [-0.4, -0.2) is 60.9 Å². The smallest absolute Gasteiger partial charge is 0.272 e. The van der Waals surface area contributed by atoms with Crippen molar-refractivity contribution in [3.63, 3.8) is 0 Å². The number of nitrogens with one attached hydrogen (secondary N) is 1. The highest BCUT2D eigenvalue weighted by Gasteiger charge is 2.16. The Morgan fingerprint density at radius 3 is 2.95 bits per heavy atom. The van der Waals surface area contributed by atoms with Crippen molar-refractivity contribution in [1.82, 2.24) is 9.88 Å². The Kier molecular flexibility index (Phi) is 7.60. The van der Waals surface area contributed by atoms with Crippen molar-refractivity contribution < 1.29 is 14.6 Å². The van der Waals surface area contributed by atoms with E-state index in [9.17, 15) is 4.79 Å². The SMILES string of the molecule is CCCNc1ccnc(C(=O)N(CCO)CCOC)c1. The van der Waals surface area contributed by atoms with Gasteiger partial charge < -0.3 is 20.1 Å². The number of aliphatic hydroxyl groups excluding tert-OH is 1. The fourth-order valence-corrected chi connectivity index (χ4v) is 1.73. The molecule has 0 aromatic carbocycles. The lowest BCUT2D eigenvalue weighted by molar-refractivity contribution is 0.0651. The lowest BCUT2D eigenvalue weighted by Crippen LogP contribution is -2.36. The first kappa shape index (κ1) is 16.4. The van der Waals surface area contributed by atoms with Gasteiger partial charge in [0, 0.05) is 38.6 Å². The minimum atomic E-state index is -0.198. The van der Waals surface area contributed by atoms with E-state index in [4.69, 9.17) is 9.84 Å². The molecule has 0 unspecified atom stereocenters. The van der Waals surface area contributed by atoms with Gasteiger partial charge in [0.05, 0.1) is 13.2 Å². The van der Waals surface area contributed by atoms with Crippen LogP contribution in [0.25, 0.3) is 0 Å². The minimum absolute atomic E-state index is 0.0801. The summed E-state index contributed by atoms with van der Waals surface area (Å²) in [5.41, 5.74) is 1.25. The predicted molar refractivity (Wildman–Crippen MR) is 77.9 cm³/mol. The summed E-state index contributed by atoms with van der Waals surface area (Å²) in [6, 6.07) is 3.56. The van der Waals surface area contributed by atoms with Gasteiger partial charge in [0.1, 0.15) is 5.69 Å². The first-order valence-electron chi connectivity index (χ1n) is 6.82. The number of rotatable bonds is 9. The molecule has 6 heteroatoms. The molecular formula is C14H23N3O3. The van der Waals surface area contributed by atoms with Crippen molar-refractivity contribution in [2.24, 2.45) is 0 Å². The number of carbonyl (C=O) groups excluding carboxylic acids is 1. The van der Waals surface area contributed by atoms with Gasteiger partial charge in [-0.2, -0.15) is 0 Å². The van der Waals surface area contributed by atoms with Gasteiger partial charge in [-0.3, -0.25) is 9.78 Å². The van der Waals surface area contributed by atoms with Crippen molar-refractivity contribution in [1.29, 1.82) is 0 Å². The normalized spacial score (nSPS) is 10.3. The second-order valence-electron chi connectivity index (χ2n) is 4.37. The number of hydrogen-bond acceptors (Lipinski definition) is 5. The molecule has 1 rings (SSSR count). The van der Waals surface area contributed by atoms with Crippen LogP contribution in [0.4, 0.5) is 5.69 Å². The molecular weight excluding hydrogens is 258 g/mol. The van der Waals surface area contributed by atoms with Crippen LogP contribution in [0.5, 0.6) is 0 Å². The number of aliphatic hydroxyl groups is 1. The summed E-state index contributed by atoms with van der Waals surface area (Å²) in [7, 11) is 1.58. The molecule has 1 amide bonds. The molecule has 1 aromatic rings. The van der Waals surface area contributed by atoms with E-state index < -0.39 is 0 Å². The highest BCUT2D eigenvalue weighted by atomic mass is 16.5. The molecule has 0 aliphatic carbocycles. The number of anilines is 1. The van der Waals surface area contributed by atoms with Gasteiger partial charge in [-0.15, -0.1) is 0 Å². The van der Waals surface area contributed by atoms with E-state index in [-0.39, 0.29) is 19.1 Å². The van der Waals surface area contributed by atoms with Crippen LogP contribution in [0, 0.1) is 0 Å². The van der Waals surface area contributed by atoms with E-state index in [1.165, 1.54) is 4.90 Å². The van der Waals surface area contributed by atoms with E-state index in [1.807, 2.05) is 6.07 Å².